The summed E-state index contributed by atoms with van der Waals surface area (Å²) in [7, 11) is 3.14. The number of para-hydroxylation sites is 1. The van der Waals surface area contributed by atoms with Crippen molar-refractivity contribution in [2.24, 2.45) is 5.10 Å². The molecule has 0 spiro atoms. The van der Waals surface area contributed by atoms with Gasteiger partial charge in [-0.2, -0.15) is 5.10 Å². The van der Waals surface area contributed by atoms with Gasteiger partial charge in [-0.25, -0.2) is 5.43 Å². The number of anilines is 1. The van der Waals surface area contributed by atoms with Crippen molar-refractivity contribution < 1.29 is 14.3 Å². The van der Waals surface area contributed by atoms with Crippen LogP contribution in [0, 0.1) is 0 Å². The first-order valence-electron chi connectivity index (χ1n) is 10.6. The molecule has 3 aromatic rings. The average molecular weight is 481 g/mol. The lowest BCUT2D eigenvalue weighted by Crippen LogP contribution is -2.27. The Labute approximate surface area is 203 Å². The standard InChI is InChI=1S/C24H28N6O3S/c1-5-13-30-22(16-25-19-9-7-6-8-10-19)27-29-24(30)34-17(2)23(31)28-26-15-18-11-12-20(32-3)21(14-18)33-4/h5-12,14-15,17,25H,1,13,16H2,2-4H3,(H,28,31)/b26-15-/t17-/m1/s1. The molecule has 0 unspecified atom stereocenters. The van der Waals surface area contributed by atoms with Crippen molar-refractivity contribution in [3.8, 4) is 11.5 Å². The van der Waals surface area contributed by atoms with Crippen LogP contribution in [0.5, 0.6) is 11.5 Å². The number of hydrogen-bond donors (Lipinski definition) is 2. The van der Waals surface area contributed by atoms with Gasteiger partial charge in [0.2, 0.25) is 0 Å². The molecule has 2 aromatic carbocycles. The van der Waals surface area contributed by atoms with E-state index in [4.69, 9.17) is 9.47 Å². The number of hydrogen-bond acceptors (Lipinski definition) is 8. The molecule has 9 nitrogen and oxygen atoms in total. The van der Waals surface area contributed by atoms with Crippen molar-refractivity contribution >= 4 is 29.6 Å². The van der Waals surface area contributed by atoms with E-state index < -0.39 is 5.25 Å². The Hall–Kier alpha value is -3.79. The molecule has 0 fully saturated rings. The van der Waals surface area contributed by atoms with Gasteiger partial charge in [0.15, 0.2) is 22.5 Å². The third kappa shape index (κ3) is 6.61. The number of nitrogens with one attached hydrogen (secondary N) is 2. The van der Waals surface area contributed by atoms with Crippen LogP contribution in [0.4, 0.5) is 5.69 Å². The minimum atomic E-state index is -0.440. The second-order valence-corrected chi connectivity index (χ2v) is 8.43. The highest BCUT2D eigenvalue weighted by Crippen LogP contribution is 2.27. The predicted octanol–water partition coefficient (Wildman–Crippen LogP) is 3.72. The molecule has 0 bridgehead atoms. The van der Waals surface area contributed by atoms with E-state index in [0.717, 1.165) is 17.1 Å². The molecule has 1 atom stereocenters. The zero-order valence-corrected chi connectivity index (χ0v) is 20.2. The summed E-state index contributed by atoms with van der Waals surface area (Å²) in [6.45, 7) is 6.65. The number of thioether (sulfide) groups is 1. The van der Waals surface area contributed by atoms with Crippen LogP contribution in [0.15, 0.2) is 71.4 Å². The summed E-state index contributed by atoms with van der Waals surface area (Å²) in [6.07, 6.45) is 3.32. The molecule has 2 N–H and O–H groups in total. The summed E-state index contributed by atoms with van der Waals surface area (Å²) >= 11 is 1.31. The van der Waals surface area contributed by atoms with Crippen LogP contribution in [0.3, 0.4) is 0 Å². The molecule has 0 saturated heterocycles. The van der Waals surface area contributed by atoms with Gasteiger partial charge in [-0.1, -0.05) is 36.0 Å². The average Bonchev–Trinajstić information content (AvgIpc) is 3.24. The Kier molecular flexibility index (Phi) is 9.10. The first-order valence-corrected chi connectivity index (χ1v) is 11.5. The first kappa shape index (κ1) is 24.8. The number of benzene rings is 2. The third-order valence-corrected chi connectivity index (χ3v) is 5.86. The summed E-state index contributed by atoms with van der Waals surface area (Å²) in [5.41, 5.74) is 4.32. The van der Waals surface area contributed by atoms with Crippen molar-refractivity contribution in [2.45, 2.75) is 30.4 Å². The lowest BCUT2D eigenvalue weighted by Gasteiger charge is -2.12. The molecule has 0 aliphatic carbocycles. The number of hydrazone groups is 1. The zero-order valence-electron chi connectivity index (χ0n) is 19.4. The number of ether oxygens (including phenoxy) is 2. The van der Waals surface area contributed by atoms with E-state index in [0.29, 0.717) is 29.7 Å². The van der Waals surface area contributed by atoms with Gasteiger partial charge in [0.1, 0.15) is 0 Å². The van der Waals surface area contributed by atoms with E-state index in [9.17, 15) is 4.79 Å². The van der Waals surface area contributed by atoms with E-state index in [2.05, 4.69) is 32.6 Å². The largest absolute Gasteiger partial charge is 0.493 e. The van der Waals surface area contributed by atoms with Crippen molar-refractivity contribution in [1.82, 2.24) is 20.2 Å². The SMILES string of the molecule is C=CCn1c(CNc2ccccc2)nnc1S[C@H](C)C(=O)N/N=C\c1ccc(OC)c(OC)c1. The van der Waals surface area contributed by atoms with E-state index in [1.54, 1.807) is 45.6 Å². The third-order valence-electron chi connectivity index (χ3n) is 4.78. The number of carbonyl (C=O) groups is 1. The molecule has 0 radical (unpaired) electrons. The van der Waals surface area contributed by atoms with Crippen molar-refractivity contribution in [3.05, 3.63) is 72.6 Å². The van der Waals surface area contributed by atoms with Crippen LogP contribution < -0.4 is 20.2 Å². The summed E-state index contributed by atoms with van der Waals surface area (Å²) < 4.78 is 12.4. The smallest absolute Gasteiger partial charge is 0.253 e. The predicted molar refractivity (Wildman–Crippen MR) is 135 cm³/mol. The lowest BCUT2D eigenvalue weighted by atomic mass is 10.2. The molecule has 1 heterocycles. The van der Waals surface area contributed by atoms with Crippen LogP contribution >= 0.6 is 11.8 Å². The fourth-order valence-electron chi connectivity index (χ4n) is 2.99. The lowest BCUT2D eigenvalue weighted by molar-refractivity contribution is -0.120. The Morgan fingerprint density at radius 1 is 1.18 bits per heavy atom. The van der Waals surface area contributed by atoms with E-state index in [-0.39, 0.29) is 5.91 Å². The monoisotopic (exact) mass is 480 g/mol. The minimum absolute atomic E-state index is 0.251. The molecule has 0 saturated carbocycles. The maximum atomic E-state index is 12.6. The molecule has 10 heteroatoms. The number of nitrogens with zero attached hydrogens (tertiary/aromatic N) is 4. The van der Waals surface area contributed by atoms with Gasteiger partial charge in [-0.05, 0) is 42.8 Å². The number of aromatic nitrogens is 3. The maximum Gasteiger partial charge on any atom is 0.253 e. The van der Waals surface area contributed by atoms with E-state index >= 15 is 0 Å². The van der Waals surface area contributed by atoms with Crippen LogP contribution in [-0.2, 0) is 17.9 Å². The van der Waals surface area contributed by atoms with Crippen LogP contribution in [-0.4, -0.2) is 46.4 Å². The molecular formula is C24H28N6O3S. The second-order valence-electron chi connectivity index (χ2n) is 7.13. The Balaban J connectivity index is 1.60. The molecule has 1 aromatic heterocycles. The summed E-state index contributed by atoms with van der Waals surface area (Å²) in [5.74, 6) is 1.71. The topological polar surface area (TPSA) is 103 Å². The summed E-state index contributed by atoms with van der Waals surface area (Å²) in [4.78, 5) is 12.6. The molecule has 178 valence electrons. The first-order chi connectivity index (χ1) is 16.5. The number of amides is 1. The highest BCUT2D eigenvalue weighted by Gasteiger charge is 2.19. The number of allylic oxidation sites excluding steroid dienone is 1. The summed E-state index contributed by atoms with van der Waals surface area (Å²) in [6, 6.07) is 15.2. The van der Waals surface area contributed by atoms with Gasteiger partial charge >= 0.3 is 0 Å². The number of rotatable bonds is 12. The molecule has 3 rings (SSSR count). The normalized spacial score (nSPS) is 11.7. The number of methoxy groups -OCH3 is 2. The highest BCUT2D eigenvalue weighted by molar-refractivity contribution is 8.00. The minimum Gasteiger partial charge on any atom is -0.493 e. The quantitative estimate of drug-likeness (QED) is 0.176. The van der Waals surface area contributed by atoms with Gasteiger partial charge in [-0.15, -0.1) is 16.8 Å². The highest BCUT2D eigenvalue weighted by atomic mass is 32.2. The van der Waals surface area contributed by atoms with E-state index in [1.807, 2.05) is 41.0 Å². The maximum absolute atomic E-state index is 12.6. The summed E-state index contributed by atoms with van der Waals surface area (Å²) in [5, 5.41) is 16.2. The van der Waals surface area contributed by atoms with Crippen LogP contribution in [0.1, 0.15) is 18.3 Å². The Bertz CT molecular complexity index is 1130. The van der Waals surface area contributed by atoms with Crippen molar-refractivity contribution in [2.75, 3.05) is 19.5 Å². The number of carbonyl (C=O) groups excluding carboxylic acids is 1. The van der Waals surface area contributed by atoms with Crippen molar-refractivity contribution in [3.63, 3.8) is 0 Å². The second kappa shape index (κ2) is 12.4. The molecular weight excluding hydrogens is 452 g/mol. The zero-order chi connectivity index (χ0) is 24.3. The van der Waals surface area contributed by atoms with Gasteiger partial charge in [0.05, 0.1) is 32.2 Å². The van der Waals surface area contributed by atoms with Crippen LogP contribution in [0.2, 0.25) is 0 Å². The van der Waals surface area contributed by atoms with Crippen molar-refractivity contribution in [1.29, 1.82) is 0 Å². The fourth-order valence-corrected chi connectivity index (χ4v) is 3.86. The Morgan fingerprint density at radius 2 is 1.94 bits per heavy atom. The molecule has 34 heavy (non-hydrogen) atoms. The van der Waals surface area contributed by atoms with Gasteiger partial charge in [0.25, 0.3) is 5.91 Å². The van der Waals surface area contributed by atoms with Gasteiger partial charge < -0.3 is 19.4 Å². The van der Waals surface area contributed by atoms with Gasteiger partial charge in [-0.3, -0.25) is 4.79 Å². The molecule has 0 aliphatic rings. The Morgan fingerprint density at radius 3 is 2.65 bits per heavy atom. The molecule has 1 amide bonds. The molecule has 0 aliphatic heterocycles. The van der Waals surface area contributed by atoms with Gasteiger partial charge in [0, 0.05) is 12.2 Å². The van der Waals surface area contributed by atoms with Crippen LogP contribution in [0.25, 0.3) is 0 Å². The van der Waals surface area contributed by atoms with E-state index in [1.165, 1.54) is 11.8 Å². The fraction of sp³-hybridized carbons (Fsp3) is 0.250.